The number of carboxylic acids is 1. The second-order valence-corrected chi connectivity index (χ2v) is 3.26. The molecule has 0 saturated carbocycles. The molecule has 6 nitrogen and oxygen atoms in total. The van der Waals surface area contributed by atoms with Crippen LogP contribution >= 0.6 is 0 Å². The highest BCUT2D eigenvalue weighted by atomic mass is 16.4. The molecule has 1 aliphatic heterocycles. The van der Waals surface area contributed by atoms with Crippen molar-refractivity contribution < 1.29 is 24.6 Å². The van der Waals surface area contributed by atoms with Gasteiger partial charge in [0.25, 0.3) is 0 Å². The first-order chi connectivity index (χ1) is 6.43. The fourth-order valence-corrected chi connectivity index (χ4v) is 1.46. The first-order valence-electron chi connectivity index (χ1n) is 4.15. The summed E-state index contributed by atoms with van der Waals surface area (Å²) in [6.07, 6.45) is -1.46. The van der Waals surface area contributed by atoms with Crippen LogP contribution in [-0.4, -0.2) is 51.5 Å². The Labute approximate surface area is 80.1 Å². The van der Waals surface area contributed by atoms with Crippen molar-refractivity contribution in [1.29, 1.82) is 0 Å². The summed E-state index contributed by atoms with van der Waals surface area (Å²) in [5.41, 5.74) is 0. The number of likely N-dealkylation sites (tertiary alicyclic amines) is 1. The Morgan fingerprint density at radius 3 is 2.36 bits per heavy atom. The Hall–Kier alpha value is -1.43. The summed E-state index contributed by atoms with van der Waals surface area (Å²) in [6, 6.07) is -1.33. The molecule has 0 aliphatic carbocycles. The number of aliphatic hydroxyl groups excluding tert-OH is 1. The number of amides is 1. The minimum absolute atomic E-state index is 0.222. The van der Waals surface area contributed by atoms with Crippen molar-refractivity contribution >= 4 is 17.7 Å². The molecule has 14 heavy (non-hydrogen) atoms. The van der Waals surface area contributed by atoms with E-state index in [2.05, 4.69) is 0 Å². The van der Waals surface area contributed by atoms with Crippen LogP contribution in [0.5, 0.6) is 0 Å². The summed E-state index contributed by atoms with van der Waals surface area (Å²) >= 11 is 0. The van der Waals surface area contributed by atoms with Gasteiger partial charge < -0.3 is 15.1 Å². The second kappa shape index (κ2) is 3.75. The van der Waals surface area contributed by atoms with Crippen molar-refractivity contribution in [3.63, 3.8) is 0 Å². The molecule has 2 atom stereocenters. The Balaban J connectivity index is 2.84. The van der Waals surface area contributed by atoms with E-state index in [1.165, 1.54) is 6.92 Å². The van der Waals surface area contributed by atoms with Gasteiger partial charge in [-0.3, -0.25) is 9.59 Å². The van der Waals surface area contributed by atoms with Gasteiger partial charge in [0.2, 0.25) is 5.91 Å². The Morgan fingerprint density at radius 1 is 1.50 bits per heavy atom. The minimum atomic E-state index is -1.33. The molecule has 78 valence electrons. The molecular formula is C8H11NO5. The molecule has 2 unspecified atom stereocenters. The number of hydrogen-bond acceptors (Lipinski definition) is 4. The minimum Gasteiger partial charge on any atom is -0.480 e. The molecule has 2 N–H and O–H groups in total. The number of hydrogen-bond donors (Lipinski definition) is 2. The van der Waals surface area contributed by atoms with Crippen molar-refractivity contribution in [1.82, 2.24) is 4.90 Å². The Kier molecular flexibility index (Phi) is 2.85. The van der Waals surface area contributed by atoms with Gasteiger partial charge in [-0.2, -0.15) is 0 Å². The lowest BCUT2D eigenvalue weighted by atomic mass is 10.1. The number of carbonyl (C=O) groups is 3. The maximum absolute atomic E-state index is 11.2. The number of aliphatic carboxylic acids is 1. The average molecular weight is 201 g/mol. The van der Waals surface area contributed by atoms with Crippen LogP contribution in [0.2, 0.25) is 0 Å². The molecule has 1 amide bonds. The van der Waals surface area contributed by atoms with Gasteiger partial charge in [-0.25, -0.2) is 4.79 Å². The maximum atomic E-state index is 11.2. The summed E-state index contributed by atoms with van der Waals surface area (Å²) < 4.78 is 0. The van der Waals surface area contributed by atoms with Gasteiger partial charge in [0.1, 0.15) is 0 Å². The summed E-state index contributed by atoms with van der Waals surface area (Å²) in [7, 11) is 0. The molecule has 1 aliphatic rings. The molecule has 0 radical (unpaired) electrons. The van der Waals surface area contributed by atoms with Crippen LogP contribution in [-0.2, 0) is 14.4 Å². The van der Waals surface area contributed by atoms with E-state index in [4.69, 9.17) is 10.2 Å². The van der Waals surface area contributed by atoms with Crippen LogP contribution in [0.1, 0.15) is 13.3 Å². The molecule has 1 rings (SSSR count). The van der Waals surface area contributed by atoms with Crippen molar-refractivity contribution in [3.05, 3.63) is 0 Å². The van der Waals surface area contributed by atoms with Gasteiger partial charge in [-0.15, -0.1) is 0 Å². The monoisotopic (exact) mass is 201 g/mol. The molecule has 0 aromatic heterocycles. The molecule has 0 bridgehead atoms. The zero-order valence-corrected chi connectivity index (χ0v) is 7.64. The predicted octanol–water partition coefficient (Wildman–Crippen LogP) is -1.38. The van der Waals surface area contributed by atoms with Gasteiger partial charge in [-0.05, 0) is 6.92 Å². The van der Waals surface area contributed by atoms with Crippen molar-refractivity contribution in [3.8, 4) is 0 Å². The molecule has 0 aromatic carbocycles. The van der Waals surface area contributed by atoms with E-state index in [1.807, 2.05) is 0 Å². The van der Waals surface area contributed by atoms with Crippen LogP contribution in [0.3, 0.4) is 0 Å². The molecule has 0 aromatic rings. The highest BCUT2D eigenvalue weighted by Crippen LogP contribution is 2.14. The highest BCUT2D eigenvalue weighted by molar-refractivity contribution is 6.06. The average Bonchev–Trinajstić information content (AvgIpc) is 2.29. The van der Waals surface area contributed by atoms with Gasteiger partial charge in [0.15, 0.2) is 11.8 Å². The topological polar surface area (TPSA) is 94.9 Å². The van der Waals surface area contributed by atoms with Gasteiger partial charge in [0, 0.05) is 0 Å². The summed E-state index contributed by atoms with van der Waals surface area (Å²) in [5, 5.41) is 17.9. The Bertz CT molecular complexity index is 285. The van der Waals surface area contributed by atoms with Gasteiger partial charge in [-0.1, -0.05) is 0 Å². The van der Waals surface area contributed by atoms with E-state index in [9.17, 15) is 14.4 Å². The van der Waals surface area contributed by atoms with Gasteiger partial charge >= 0.3 is 5.97 Å². The zero-order valence-electron chi connectivity index (χ0n) is 7.64. The fraction of sp³-hybridized carbons (Fsp3) is 0.625. The van der Waals surface area contributed by atoms with E-state index in [1.54, 1.807) is 0 Å². The SMILES string of the molecule is CC(O)C(C(=O)O)N1CC(=O)CC1=O. The second-order valence-electron chi connectivity index (χ2n) is 3.26. The predicted molar refractivity (Wildman–Crippen MR) is 44.4 cm³/mol. The number of carbonyl (C=O) groups excluding carboxylic acids is 2. The van der Waals surface area contributed by atoms with E-state index in [0.29, 0.717) is 0 Å². The van der Waals surface area contributed by atoms with Crippen molar-refractivity contribution in [2.75, 3.05) is 6.54 Å². The largest absolute Gasteiger partial charge is 0.480 e. The quantitative estimate of drug-likeness (QED) is 0.549. The van der Waals surface area contributed by atoms with Crippen molar-refractivity contribution in [2.24, 2.45) is 0 Å². The first-order valence-corrected chi connectivity index (χ1v) is 4.15. The van der Waals surface area contributed by atoms with Crippen LogP contribution in [0, 0.1) is 0 Å². The van der Waals surface area contributed by atoms with Crippen molar-refractivity contribution in [2.45, 2.75) is 25.5 Å². The molecule has 0 spiro atoms. The third-order valence-electron chi connectivity index (χ3n) is 2.06. The van der Waals surface area contributed by atoms with E-state index in [-0.39, 0.29) is 18.7 Å². The third kappa shape index (κ3) is 1.90. The smallest absolute Gasteiger partial charge is 0.329 e. The number of aliphatic hydroxyl groups is 1. The Morgan fingerprint density at radius 2 is 2.07 bits per heavy atom. The molecule has 6 heteroatoms. The van der Waals surface area contributed by atoms with E-state index < -0.39 is 24.0 Å². The molecule has 1 heterocycles. The maximum Gasteiger partial charge on any atom is 0.329 e. The lowest BCUT2D eigenvalue weighted by molar-refractivity contribution is -0.152. The number of carboxylic acid groups (broad SMARTS) is 1. The van der Waals surface area contributed by atoms with Crippen LogP contribution in [0.25, 0.3) is 0 Å². The standard InChI is InChI=1S/C8H11NO5/c1-4(10)7(8(13)14)9-3-5(11)2-6(9)12/h4,7,10H,2-3H2,1H3,(H,13,14). The lowest BCUT2D eigenvalue weighted by Gasteiger charge is -2.25. The van der Waals surface area contributed by atoms with E-state index in [0.717, 1.165) is 4.90 Å². The number of rotatable bonds is 3. The number of nitrogens with zero attached hydrogens (tertiary/aromatic N) is 1. The fourth-order valence-electron chi connectivity index (χ4n) is 1.46. The third-order valence-corrected chi connectivity index (χ3v) is 2.06. The number of Topliss-reactive ketones (excluding diaryl/α,β-unsaturated/α-hetero) is 1. The van der Waals surface area contributed by atoms with Crippen LogP contribution in [0.4, 0.5) is 0 Å². The first kappa shape index (κ1) is 10.6. The highest BCUT2D eigenvalue weighted by Gasteiger charge is 2.39. The molecular weight excluding hydrogens is 190 g/mol. The van der Waals surface area contributed by atoms with Gasteiger partial charge in [0.05, 0.1) is 19.1 Å². The van der Waals surface area contributed by atoms with Crippen LogP contribution < -0.4 is 0 Å². The normalized spacial score (nSPS) is 21.1. The zero-order chi connectivity index (χ0) is 10.9. The molecule has 1 fully saturated rings. The number of ketones is 1. The summed E-state index contributed by atoms with van der Waals surface area (Å²) in [5.74, 6) is -2.16. The van der Waals surface area contributed by atoms with Crippen LogP contribution in [0.15, 0.2) is 0 Å². The summed E-state index contributed by atoms with van der Waals surface area (Å²) in [6.45, 7) is 1.05. The molecule has 1 saturated heterocycles. The van der Waals surface area contributed by atoms with E-state index >= 15 is 0 Å². The lowest BCUT2D eigenvalue weighted by Crippen LogP contribution is -2.48. The summed E-state index contributed by atoms with van der Waals surface area (Å²) in [4.78, 5) is 33.7.